The molecule has 0 aromatic heterocycles. The molecule has 3 aliphatic carbocycles. The van der Waals surface area contributed by atoms with Crippen molar-refractivity contribution in [3.63, 3.8) is 0 Å². The number of rotatable bonds is 5. The van der Waals surface area contributed by atoms with E-state index in [9.17, 15) is 5.11 Å². The average molecular weight is 365 g/mol. The summed E-state index contributed by atoms with van der Waals surface area (Å²) in [6.45, 7) is 10.3. The summed E-state index contributed by atoms with van der Waals surface area (Å²) in [4.78, 5) is 0. The fraction of sp³-hybridized carbons (Fsp3) is 0.800. The number of ether oxygens (including phenoxy) is 2. The highest BCUT2D eigenvalue weighted by atomic mass is 28.4. The molecule has 4 nitrogen and oxygen atoms in total. The summed E-state index contributed by atoms with van der Waals surface area (Å²) >= 11 is 0. The number of aliphatic hydroxyl groups excluding tert-OH is 1. The Morgan fingerprint density at radius 2 is 1.72 bits per heavy atom. The summed E-state index contributed by atoms with van der Waals surface area (Å²) in [6, 6.07) is 3.32. The van der Waals surface area contributed by atoms with Crippen LogP contribution in [0.2, 0.25) is 18.1 Å². The maximum absolute atomic E-state index is 10.6. The number of hydrogen-bond acceptors (Lipinski definition) is 4. The van der Waals surface area contributed by atoms with Crippen molar-refractivity contribution in [2.45, 2.75) is 76.7 Å². The third-order valence-electron chi connectivity index (χ3n) is 7.47. The highest BCUT2D eigenvalue weighted by Gasteiger charge is 2.72. The monoisotopic (exact) mass is 364 g/mol. The molecule has 0 amide bonds. The minimum absolute atomic E-state index is 0.0795. The maximum atomic E-state index is 10.6. The molecule has 1 heterocycles. The van der Waals surface area contributed by atoms with E-state index in [0.29, 0.717) is 13.2 Å². The molecule has 1 saturated carbocycles. The lowest BCUT2D eigenvalue weighted by Crippen LogP contribution is -2.62. The summed E-state index contributed by atoms with van der Waals surface area (Å²) in [5, 5.41) is 10.6. The minimum atomic E-state index is -1.84. The molecule has 0 bridgehead atoms. The fourth-order valence-corrected chi connectivity index (χ4v) is 8.39. The van der Waals surface area contributed by atoms with Gasteiger partial charge in [0.25, 0.3) is 0 Å². The van der Waals surface area contributed by atoms with Gasteiger partial charge in [0.15, 0.2) is 8.32 Å². The molecule has 0 radical (unpaired) electrons. The first-order valence-electron chi connectivity index (χ1n) is 10.0. The van der Waals surface area contributed by atoms with Crippen LogP contribution in [0.4, 0.5) is 0 Å². The third kappa shape index (κ3) is 2.26. The minimum Gasteiger partial charge on any atom is -0.407 e. The molecular formula is C20H32O4Si. The van der Waals surface area contributed by atoms with Crippen LogP contribution in [-0.4, -0.2) is 44.6 Å². The predicted molar refractivity (Wildman–Crippen MR) is 99.7 cm³/mol. The maximum Gasteiger partial charge on any atom is 0.204 e. The SMILES string of the molecule is CC[Si](CC)(CC)O[C@@H]1[C@@H]2C=CC(O)C2=C(C)C2(CC2)C12OCCO2. The van der Waals surface area contributed by atoms with Crippen LogP contribution in [0.15, 0.2) is 23.3 Å². The lowest BCUT2D eigenvalue weighted by molar-refractivity contribution is -0.260. The van der Waals surface area contributed by atoms with Gasteiger partial charge in [-0.3, -0.25) is 0 Å². The number of hydrogen-bond donors (Lipinski definition) is 1. The first kappa shape index (κ1) is 17.9. The Morgan fingerprint density at radius 3 is 2.24 bits per heavy atom. The number of aliphatic hydroxyl groups is 1. The van der Waals surface area contributed by atoms with E-state index in [-0.39, 0.29) is 17.4 Å². The van der Waals surface area contributed by atoms with Crippen LogP contribution in [0.3, 0.4) is 0 Å². The van der Waals surface area contributed by atoms with Gasteiger partial charge in [-0.15, -0.1) is 0 Å². The van der Waals surface area contributed by atoms with Gasteiger partial charge in [0.1, 0.15) is 6.10 Å². The normalized spacial score (nSPS) is 35.0. The van der Waals surface area contributed by atoms with Crippen LogP contribution in [0.1, 0.15) is 40.5 Å². The molecule has 5 heteroatoms. The van der Waals surface area contributed by atoms with Crippen molar-refractivity contribution in [1.29, 1.82) is 0 Å². The Labute approximate surface area is 152 Å². The van der Waals surface area contributed by atoms with Crippen LogP contribution < -0.4 is 0 Å². The molecule has 1 N–H and O–H groups in total. The Hall–Kier alpha value is -0.463. The second-order valence-electron chi connectivity index (χ2n) is 8.16. The van der Waals surface area contributed by atoms with Gasteiger partial charge in [-0.05, 0) is 43.5 Å². The highest BCUT2D eigenvalue weighted by molar-refractivity contribution is 6.73. The molecule has 0 aromatic rings. The molecule has 3 atom stereocenters. The molecule has 1 saturated heterocycles. The topological polar surface area (TPSA) is 47.9 Å². The van der Waals surface area contributed by atoms with Crippen LogP contribution in [0.25, 0.3) is 0 Å². The van der Waals surface area contributed by atoms with E-state index in [1.54, 1.807) is 0 Å². The van der Waals surface area contributed by atoms with Crippen LogP contribution >= 0.6 is 0 Å². The van der Waals surface area contributed by atoms with Crippen molar-refractivity contribution in [2.24, 2.45) is 11.3 Å². The standard InChI is InChI=1S/C20H32O4Si/c1-5-25(6-2,7-3)24-18-15-8-9-16(21)17(15)14(4)19(10-11-19)20(18)22-12-13-23-20/h8-9,15-16,18,21H,5-7,10-13H2,1-4H3/t15-,16?,18-/m1/s1. The van der Waals surface area contributed by atoms with E-state index < -0.39 is 20.2 Å². The Bertz CT molecular complexity index is 589. The zero-order valence-corrected chi connectivity index (χ0v) is 17.0. The Morgan fingerprint density at radius 1 is 1.12 bits per heavy atom. The Balaban J connectivity index is 1.82. The molecule has 4 rings (SSSR count). The second-order valence-corrected chi connectivity index (χ2v) is 12.9. The third-order valence-corrected chi connectivity index (χ3v) is 12.1. The van der Waals surface area contributed by atoms with Gasteiger partial charge in [0.05, 0.1) is 19.3 Å². The van der Waals surface area contributed by atoms with Crippen LogP contribution in [0.5, 0.6) is 0 Å². The van der Waals surface area contributed by atoms with E-state index in [4.69, 9.17) is 13.9 Å². The summed E-state index contributed by atoms with van der Waals surface area (Å²) < 4.78 is 19.8. The van der Waals surface area contributed by atoms with Crippen LogP contribution in [-0.2, 0) is 13.9 Å². The van der Waals surface area contributed by atoms with E-state index in [1.807, 2.05) is 6.08 Å². The highest BCUT2D eigenvalue weighted by Crippen LogP contribution is 2.69. The van der Waals surface area contributed by atoms with Gasteiger partial charge in [-0.25, -0.2) is 0 Å². The first-order valence-corrected chi connectivity index (χ1v) is 12.6. The van der Waals surface area contributed by atoms with Gasteiger partial charge in [0, 0.05) is 11.3 Å². The summed E-state index contributed by atoms with van der Waals surface area (Å²) in [5.74, 6) is -0.576. The lowest BCUT2D eigenvalue weighted by atomic mass is 9.69. The van der Waals surface area contributed by atoms with Crippen molar-refractivity contribution in [2.75, 3.05) is 13.2 Å². The van der Waals surface area contributed by atoms with Gasteiger partial charge in [0.2, 0.25) is 5.79 Å². The van der Waals surface area contributed by atoms with Gasteiger partial charge >= 0.3 is 0 Å². The summed E-state index contributed by atoms with van der Waals surface area (Å²) in [5.41, 5.74) is 2.34. The molecule has 0 aromatic carbocycles. The summed E-state index contributed by atoms with van der Waals surface area (Å²) in [6.07, 6.45) is 5.60. The van der Waals surface area contributed by atoms with E-state index in [1.165, 1.54) is 5.57 Å². The fourth-order valence-electron chi connectivity index (χ4n) is 5.55. The molecule has 2 spiro atoms. The molecule has 1 unspecified atom stereocenters. The van der Waals surface area contributed by atoms with Crippen LogP contribution in [0, 0.1) is 11.3 Å². The average Bonchev–Trinajstić information content (AvgIpc) is 3.13. The van der Waals surface area contributed by atoms with Gasteiger partial charge in [-0.1, -0.05) is 38.5 Å². The zero-order chi connectivity index (χ0) is 17.9. The van der Waals surface area contributed by atoms with Crippen molar-refractivity contribution in [3.8, 4) is 0 Å². The number of fused-ring (bicyclic) bond motifs is 2. The van der Waals surface area contributed by atoms with Crippen molar-refractivity contribution >= 4 is 8.32 Å². The van der Waals surface area contributed by atoms with Gasteiger partial charge < -0.3 is 19.0 Å². The first-order chi connectivity index (χ1) is 12.0. The molecule has 4 aliphatic rings. The molecule has 140 valence electrons. The van der Waals surface area contributed by atoms with Crippen molar-refractivity contribution < 1.29 is 19.0 Å². The molecule has 1 aliphatic heterocycles. The Kier molecular flexibility index (Phi) is 4.32. The zero-order valence-electron chi connectivity index (χ0n) is 16.0. The second kappa shape index (κ2) is 6.03. The largest absolute Gasteiger partial charge is 0.407 e. The van der Waals surface area contributed by atoms with E-state index in [0.717, 1.165) is 36.5 Å². The van der Waals surface area contributed by atoms with Crippen molar-refractivity contribution in [3.05, 3.63) is 23.3 Å². The molecule has 2 fully saturated rings. The lowest BCUT2D eigenvalue weighted by Gasteiger charge is -2.52. The quantitative estimate of drug-likeness (QED) is 0.596. The molecule has 25 heavy (non-hydrogen) atoms. The molecular weight excluding hydrogens is 332 g/mol. The van der Waals surface area contributed by atoms with Crippen molar-refractivity contribution in [1.82, 2.24) is 0 Å². The predicted octanol–water partition coefficient (Wildman–Crippen LogP) is 3.78. The van der Waals surface area contributed by atoms with E-state index in [2.05, 4.69) is 33.8 Å². The van der Waals surface area contributed by atoms with E-state index >= 15 is 0 Å². The summed E-state index contributed by atoms with van der Waals surface area (Å²) in [7, 11) is -1.84. The smallest absolute Gasteiger partial charge is 0.204 e. The van der Waals surface area contributed by atoms with Gasteiger partial charge in [-0.2, -0.15) is 0 Å².